The number of rotatable bonds is 9. The second-order valence-electron chi connectivity index (χ2n) is 13.0. The molecule has 0 radical (unpaired) electrons. The van der Waals surface area contributed by atoms with Crippen molar-refractivity contribution in [1.82, 2.24) is 19.3 Å². The van der Waals surface area contributed by atoms with Gasteiger partial charge in [-0.25, -0.2) is 9.67 Å². The van der Waals surface area contributed by atoms with Gasteiger partial charge in [0.25, 0.3) is 0 Å². The van der Waals surface area contributed by atoms with Crippen LogP contribution in [-0.4, -0.2) is 19.3 Å². The maximum atomic E-state index is 6.58. The number of pyridine rings is 1. The topological polar surface area (TPSA) is 44.9 Å². The van der Waals surface area contributed by atoms with Crippen molar-refractivity contribution in [3.8, 4) is 34.1 Å². The van der Waals surface area contributed by atoms with Crippen molar-refractivity contribution >= 4 is 21.8 Å². The quantitative estimate of drug-likeness (QED) is 0.162. The smallest absolute Gasteiger partial charge is 0.137 e. The summed E-state index contributed by atoms with van der Waals surface area (Å²) in [5, 5.41) is 7.34. The molecule has 5 heteroatoms. The lowest BCUT2D eigenvalue weighted by atomic mass is 9.89. The van der Waals surface area contributed by atoms with Crippen molar-refractivity contribution in [2.45, 2.75) is 60.3 Å². The molecule has 0 fully saturated rings. The van der Waals surface area contributed by atoms with E-state index in [-0.39, 0.29) is 0 Å². The molecule has 4 aromatic carbocycles. The van der Waals surface area contributed by atoms with Crippen molar-refractivity contribution < 1.29 is 4.74 Å². The van der Waals surface area contributed by atoms with E-state index in [0.717, 1.165) is 63.8 Å². The van der Waals surface area contributed by atoms with Crippen LogP contribution in [0.1, 0.15) is 62.5 Å². The molecule has 0 N–H and O–H groups in total. The first kappa shape index (κ1) is 30.5. The number of hydrogen-bond donors (Lipinski definition) is 0. The third kappa shape index (κ3) is 5.71. The van der Waals surface area contributed by atoms with Crippen LogP contribution in [0.15, 0.2) is 109 Å². The molecule has 1 atom stereocenters. The SMILES string of the molecule is CCCc1ccnc(-n2c3ccc(C(C)C(C)C)cc3c3ccc(Oc4cccc(-n5nc(C)c(-c6ccccc6)c5C)c4)cc32)c1. The first-order valence-corrected chi connectivity index (χ1v) is 16.8. The Hall–Kier alpha value is -5.16. The van der Waals surface area contributed by atoms with Gasteiger partial charge in [-0.3, -0.25) is 4.57 Å². The summed E-state index contributed by atoms with van der Waals surface area (Å²) >= 11 is 0. The van der Waals surface area contributed by atoms with E-state index in [9.17, 15) is 0 Å². The molecule has 0 spiro atoms. The van der Waals surface area contributed by atoms with E-state index in [1.54, 1.807) is 0 Å². The summed E-state index contributed by atoms with van der Waals surface area (Å²) in [7, 11) is 0. The highest BCUT2D eigenvalue weighted by Gasteiger charge is 2.19. The lowest BCUT2D eigenvalue weighted by Gasteiger charge is -2.16. The molecule has 0 bridgehead atoms. The van der Waals surface area contributed by atoms with Crippen molar-refractivity contribution in [3.63, 3.8) is 0 Å². The van der Waals surface area contributed by atoms with E-state index in [0.29, 0.717) is 11.8 Å². The number of ether oxygens (including phenoxy) is 1. The zero-order valence-corrected chi connectivity index (χ0v) is 28.2. The summed E-state index contributed by atoms with van der Waals surface area (Å²) in [5.74, 6) is 3.48. The molecule has 5 nitrogen and oxygen atoms in total. The van der Waals surface area contributed by atoms with Gasteiger partial charge in [0.15, 0.2) is 0 Å². The van der Waals surface area contributed by atoms with Crippen LogP contribution in [0.2, 0.25) is 0 Å². The number of benzene rings is 4. The maximum absolute atomic E-state index is 6.58. The molecule has 47 heavy (non-hydrogen) atoms. The fourth-order valence-electron chi connectivity index (χ4n) is 6.76. The highest BCUT2D eigenvalue weighted by Crippen LogP contribution is 2.38. The van der Waals surface area contributed by atoms with Gasteiger partial charge < -0.3 is 4.74 Å². The van der Waals surface area contributed by atoms with E-state index in [2.05, 4.69) is 131 Å². The molecule has 7 aromatic rings. The van der Waals surface area contributed by atoms with Gasteiger partial charge in [-0.15, -0.1) is 0 Å². The van der Waals surface area contributed by atoms with Gasteiger partial charge in [0.2, 0.25) is 0 Å². The maximum Gasteiger partial charge on any atom is 0.137 e. The van der Waals surface area contributed by atoms with Crippen LogP contribution in [-0.2, 0) is 6.42 Å². The van der Waals surface area contributed by atoms with Gasteiger partial charge in [0.1, 0.15) is 17.3 Å². The molecule has 3 aromatic heterocycles. The summed E-state index contributed by atoms with van der Waals surface area (Å²) < 4.78 is 10.9. The van der Waals surface area contributed by atoms with E-state index >= 15 is 0 Å². The Kier molecular flexibility index (Phi) is 8.15. The predicted molar refractivity (Wildman–Crippen MR) is 194 cm³/mol. The summed E-state index contributed by atoms with van der Waals surface area (Å²) in [4.78, 5) is 4.86. The van der Waals surface area contributed by atoms with Crippen molar-refractivity contribution in [3.05, 3.63) is 132 Å². The van der Waals surface area contributed by atoms with Crippen LogP contribution >= 0.6 is 0 Å². The van der Waals surface area contributed by atoms with Crippen molar-refractivity contribution in [2.24, 2.45) is 5.92 Å². The Morgan fingerprint density at radius 3 is 2.34 bits per heavy atom. The Morgan fingerprint density at radius 1 is 0.745 bits per heavy atom. The Labute approximate surface area is 277 Å². The Balaban J connectivity index is 1.31. The van der Waals surface area contributed by atoms with Crippen LogP contribution in [0.25, 0.3) is 44.4 Å². The van der Waals surface area contributed by atoms with Crippen LogP contribution in [0.4, 0.5) is 0 Å². The number of aromatic nitrogens is 4. The molecule has 0 saturated carbocycles. The van der Waals surface area contributed by atoms with Gasteiger partial charge in [-0.2, -0.15) is 5.10 Å². The van der Waals surface area contributed by atoms with Gasteiger partial charge in [-0.05, 0) is 97.3 Å². The van der Waals surface area contributed by atoms with Gasteiger partial charge >= 0.3 is 0 Å². The van der Waals surface area contributed by atoms with E-state index in [1.807, 2.05) is 29.1 Å². The molecular weight excluding hydrogens is 576 g/mol. The van der Waals surface area contributed by atoms with Crippen molar-refractivity contribution in [1.29, 1.82) is 0 Å². The molecule has 236 valence electrons. The van der Waals surface area contributed by atoms with Gasteiger partial charge in [-0.1, -0.05) is 76.6 Å². The molecule has 0 aliphatic rings. The van der Waals surface area contributed by atoms with Gasteiger partial charge in [0.05, 0.1) is 22.4 Å². The summed E-state index contributed by atoms with van der Waals surface area (Å²) in [6, 6.07) is 36.3. The molecule has 0 saturated heterocycles. The number of hydrogen-bond acceptors (Lipinski definition) is 3. The average molecular weight is 619 g/mol. The van der Waals surface area contributed by atoms with Crippen LogP contribution in [0.5, 0.6) is 11.5 Å². The average Bonchev–Trinajstić information content (AvgIpc) is 3.57. The Morgan fingerprint density at radius 2 is 1.55 bits per heavy atom. The third-order valence-corrected chi connectivity index (χ3v) is 9.52. The highest BCUT2D eigenvalue weighted by molar-refractivity contribution is 6.09. The zero-order valence-electron chi connectivity index (χ0n) is 28.2. The van der Waals surface area contributed by atoms with Crippen LogP contribution in [0.3, 0.4) is 0 Å². The molecule has 0 aliphatic heterocycles. The lowest BCUT2D eigenvalue weighted by Crippen LogP contribution is -2.02. The fraction of sp³-hybridized carbons (Fsp3) is 0.238. The van der Waals surface area contributed by atoms with Gasteiger partial charge in [0, 0.05) is 40.4 Å². The summed E-state index contributed by atoms with van der Waals surface area (Å²) in [6.07, 6.45) is 4.05. The molecular formula is C42H42N4O. The lowest BCUT2D eigenvalue weighted by molar-refractivity contribution is 0.482. The largest absolute Gasteiger partial charge is 0.457 e. The highest BCUT2D eigenvalue weighted by atomic mass is 16.5. The third-order valence-electron chi connectivity index (χ3n) is 9.52. The number of fused-ring (bicyclic) bond motifs is 3. The summed E-state index contributed by atoms with van der Waals surface area (Å²) in [6.45, 7) is 13.3. The fourth-order valence-corrected chi connectivity index (χ4v) is 6.76. The minimum absolute atomic E-state index is 0.463. The molecule has 0 aliphatic carbocycles. The minimum Gasteiger partial charge on any atom is -0.457 e. The predicted octanol–water partition coefficient (Wildman–Crippen LogP) is 11.2. The van der Waals surface area contributed by atoms with Crippen LogP contribution in [0, 0.1) is 19.8 Å². The van der Waals surface area contributed by atoms with Crippen molar-refractivity contribution in [2.75, 3.05) is 0 Å². The zero-order chi connectivity index (χ0) is 32.7. The van der Waals surface area contributed by atoms with E-state index < -0.39 is 0 Å². The normalized spacial score (nSPS) is 12.3. The molecule has 3 heterocycles. The summed E-state index contributed by atoms with van der Waals surface area (Å²) in [5.41, 5.74) is 10.3. The first-order chi connectivity index (χ1) is 22.8. The number of nitrogens with zero attached hydrogens (tertiary/aromatic N) is 4. The number of aryl methyl sites for hydroxylation is 2. The van der Waals surface area contributed by atoms with E-state index in [1.165, 1.54) is 27.5 Å². The standard InChI is InChI=1S/C42H42N4O/c1-7-12-31-21-22-43-41(23-31)45-39-20-17-33(28(4)27(2)3)24-38(39)37-19-18-36(26-40(37)45)47-35-16-11-15-34(25-35)46-30(6)42(29(5)44-46)32-13-9-8-10-14-32/h8-11,13-28H,7,12H2,1-6H3. The molecule has 7 rings (SSSR count). The Bertz CT molecular complexity index is 2210. The van der Waals surface area contributed by atoms with E-state index in [4.69, 9.17) is 14.8 Å². The molecule has 0 amide bonds. The second kappa shape index (κ2) is 12.6. The first-order valence-electron chi connectivity index (χ1n) is 16.8. The second-order valence-corrected chi connectivity index (χ2v) is 13.0. The van der Waals surface area contributed by atoms with Crippen LogP contribution < -0.4 is 4.74 Å². The monoisotopic (exact) mass is 618 g/mol. The molecule has 1 unspecified atom stereocenters. The minimum atomic E-state index is 0.463.